The lowest BCUT2D eigenvalue weighted by Gasteiger charge is -2.08. The van der Waals surface area contributed by atoms with Crippen LogP contribution in [0.3, 0.4) is 0 Å². The fraction of sp³-hybridized carbons (Fsp3) is 0.118. The van der Waals surface area contributed by atoms with Gasteiger partial charge >= 0.3 is 5.97 Å². The number of amides is 1. The van der Waals surface area contributed by atoms with Crippen molar-refractivity contribution in [3.63, 3.8) is 0 Å². The summed E-state index contributed by atoms with van der Waals surface area (Å²) in [6, 6.07) is 8.45. The van der Waals surface area contributed by atoms with Crippen molar-refractivity contribution in [3.8, 4) is 0 Å². The number of halogens is 2. The number of anilines is 1. The van der Waals surface area contributed by atoms with Gasteiger partial charge in [-0.15, -0.1) is 0 Å². The Bertz CT molecular complexity index is 952. The molecule has 1 amide bonds. The minimum absolute atomic E-state index is 0.0136. The minimum Gasteiger partial charge on any atom is -0.465 e. The van der Waals surface area contributed by atoms with Crippen LogP contribution in [0.2, 0.25) is 0 Å². The van der Waals surface area contributed by atoms with Crippen LogP contribution in [0.5, 0.6) is 0 Å². The highest BCUT2D eigenvalue weighted by Crippen LogP contribution is 2.22. The first kappa shape index (κ1) is 17.9. The fourth-order valence-corrected chi connectivity index (χ4v) is 2.94. The van der Waals surface area contributed by atoms with E-state index >= 15 is 0 Å². The maximum atomic E-state index is 13.2. The number of aromatic amines is 1. The molecule has 1 aromatic heterocycles. The summed E-state index contributed by atoms with van der Waals surface area (Å²) in [6.45, 7) is 0. The first-order valence-electron chi connectivity index (χ1n) is 7.42. The molecule has 2 N–H and O–H groups in total. The first-order chi connectivity index (χ1) is 12.5. The lowest BCUT2D eigenvalue weighted by atomic mass is 10.2. The van der Waals surface area contributed by atoms with Crippen molar-refractivity contribution in [2.75, 3.05) is 18.2 Å². The zero-order valence-electron chi connectivity index (χ0n) is 13.5. The molecule has 9 heteroatoms. The highest BCUT2D eigenvalue weighted by molar-refractivity contribution is 7.99. The predicted octanol–water partition coefficient (Wildman–Crippen LogP) is 3.36. The number of benzene rings is 2. The topological polar surface area (TPSA) is 84.1 Å². The molecule has 0 aliphatic rings. The van der Waals surface area contributed by atoms with E-state index in [2.05, 4.69) is 20.0 Å². The highest BCUT2D eigenvalue weighted by atomic mass is 32.2. The molecule has 0 unspecified atom stereocenters. The molecule has 0 fully saturated rings. The van der Waals surface area contributed by atoms with E-state index in [0.29, 0.717) is 16.4 Å². The lowest BCUT2D eigenvalue weighted by molar-refractivity contribution is -0.113. The van der Waals surface area contributed by atoms with Gasteiger partial charge in [-0.2, -0.15) is 0 Å². The van der Waals surface area contributed by atoms with E-state index in [9.17, 15) is 18.4 Å². The zero-order valence-corrected chi connectivity index (χ0v) is 14.3. The Labute approximate surface area is 150 Å². The molecule has 0 aliphatic carbocycles. The third-order valence-corrected chi connectivity index (χ3v) is 4.32. The number of rotatable bonds is 5. The quantitative estimate of drug-likeness (QED) is 0.526. The molecule has 0 spiro atoms. The maximum absolute atomic E-state index is 13.2. The smallest absolute Gasteiger partial charge is 0.339 e. The number of H-pyrrole nitrogens is 1. The van der Waals surface area contributed by atoms with Crippen molar-refractivity contribution >= 4 is 40.4 Å². The van der Waals surface area contributed by atoms with E-state index in [1.165, 1.54) is 13.2 Å². The maximum Gasteiger partial charge on any atom is 0.339 e. The second kappa shape index (κ2) is 7.52. The molecule has 2 aromatic carbocycles. The normalized spacial score (nSPS) is 10.7. The summed E-state index contributed by atoms with van der Waals surface area (Å²) < 4.78 is 31.1. The number of imidazole rings is 1. The molecule has 3 rings (SSSR count). The van der Waals surface area contributed by atoms with Gasteiger partial charge in [0.05, 0.1) is 35.1 Å². The number of nitrogens with one attached hydrogen (secondary N) is 2. The van der Waals surface area contributed by atoms with Crippen LogP contribution < -0.4 is 5.32 Å². The molecule has 0 saturated heterocycles. The minimum atomic E-state index is -0.988. The number of fused-ring (bicyclic) bond motifs is 1. The van der Waals surface area contributed by atoms with Gasteiger partial charge in [0.1, 0.15) is 0 Å². The van der Waals surface area contributed by atoms with Gasteiger partial charge < -0.3 is 15.0 Å². The number of nitrogens with zero attached hydrogens (tertiary/aromatic N) is 1. The number of methoxy groups -OCH3 is 1. The average Bonchev–Trinajstić information content (AvgIpc) is 3.02. The SMILES string of the molecule is COC(=O)c1ccccc1NC(=O)CSc1nc2cc(F)c(F)cc2[nH]1. The predicted molar refractivity (Wildman–Crippen MR) is 93.1 cm³/mol. The van der Waals surface area contributed by atoms with Crippen LogP contribution in [0.1, 0.15) is 10.4 Å². The van der Waals surface area contributed by atoms with E-state index in [-0.39, 0.29) is 22.7 Å². The molecule has 0 aliphatic heterocycles. The first-order valence-corrected chi connectivity index (χ1v) is 8.41. The summed E-state index contributed by atoms with van der Waals surface area (Å²) in [5.41, 5.74) is 1.17. The Morgan fingerprint density at radius 1 is 1.23 bits per heavy atom. The highest BCUT2D eigenvalue weighted by Gasteiger charge is 2.14. The fourth-order valence-electron chi connectivity index (χ4n) is 2.25. The third kappa shape index (κ3) is 3.83. The van der Waals surface area contributed by atoms with Crippen LogP contribution in [0.4, 0.5) is 14.5 Å². The van der Waals surface area contributed by atoms with Crippen LogP contribution in [0, 0.1) is 11.6 Å². The van der Waals surface area contributed by atoms with Crippen molar-refractivity contribution in [1.29, 1.82) is 0 Å². The number of ether oxygens (including phenoxy) is 1. The number of carbonyl (C=O) groups is 2. The van der Waals surface area contributed by atoms with E-state index in [4.69, 9.17) is 0 Å². The van der Waals surface area contributed by atoms with E-state index in [1.807, 2.05) is 0 Å². The van der Waals surface area contributed by atoms with Crippen molar-refractivity contribution in [2.45, 2.75) is 5.16 Å². The van der Waals surface area contributed by atoms with Gasteiger partial charge in [0.25, 0.3) is 0 Å². The molecular weight excluding hydrogens is 364 g/mol. The Balaban J connectivity index is 1.67. The van der Waals surface area contributed by atoms with Gasteiger partial charge in [-0.3, -0.25) is 4.79 Å². The van der Waals surface area contributed by atoms with Crippen LogP contribution >= 0.6 is 11.8 Å². The Morgan fingerprint density at radius 3 is 2.73 bits per heavy atom. The Morgan fingerprint density at radius 2 is 1.96 bits per heavy atom. The van der Waals surface area contributed by atoms with Gasteiger partial charge in [-0.1, -0.05) is 23.9 Å². The summed E-state index contributed by atoms with van der Waals surface area (Å²) >= 11 is 1.07. The van der Waals surface area contributed by atoms with Gasteiger partial charge in [0.2, 0.25) is 5.91 Å². The molecule has 1 heterocycles. The van der Waals surface area contributed by atoms with Crippen molar-refractivity contribution < 1.29 is 23.1 Å². The van der Waals surface area contributed by atoms with E-state index in [0.717, 1.165) is 23.9 Å². The molecule has 0 bridgehead atoms. The molecule has 26 heavy (non-hydrogen) atoms. The molecule has 134 valence electrons. The third-order valence-electron chi connectivity index (χ3n) is 3.45. The zero-order chi connectivity index (χ0) is 18.7. The second-order valence-corrected chi connectivity index (χ2v) is 6.16. The van der Waals surface area contributed by atoms with E-state index < -0.39 is 17.6 Å². The van der Waals surface area contributed by atoms with Gasteiger partial charge in [-0.25, -0.2) is 18.6 Å². The number of esters is 1. The number of hydrogen-bond acceptors (Lipinski definition) is 5. The van der Waals surface area contributed by atoms with Gasteiger partial charge in [-0.05, 0) is 12.1 Å². The summed E-state index contributed by atoms with van der Waals surface area (Å²) in [7, 11) is 1.25. The average molecular weight is 377 g/mol. The summed E-state index contributed by atoms with van der Waals surface area (Å²) in [5, 5.41) is 2.97. The second-order valence-electron chi connectivity index (χ2n) is 5.20. The number of thioether (sulfide) groups is 1. The molecule has 0 radical (unpaired) electrons. The lowest BCUT2D eigenvalue weighted by Crippen LogP contribution is -2.17. The largest absolute Gasteiger partial charge is 0.465 e. The van der Waals surface area contributed by atoms with Crippen molar-refractivity contribution in [3.05, 3.63) is 53.6 Å². The van der Waals surface area contributed by atoms with Crippen molar-refractivity contribution in [1.82, 2.24) is 9.97 Å². The molecule has 0 saturated carbocycles. The summed E-state index contributed by atoms with van der Waals surface area (Å²) in [6.07, 6.45) is 0. The Hall–Kier alpha value is -2.94. The number of hydrogen-bond donors (Lipinski definition) is 2. The van der Waals surface area contributed by atoms with E-state index in [1.54, 1.807) is 18.2 Å². The number of carbonyl (C=O) groups excluding carboxylic acids is 2. The van der Waals surface area contributed by atoms with Gasteiger partial charge in [0.15, 0.2) is 16.8 Å². The molecule has 6 nitrogen and oxygen atoms in total. The number of aromatic nitrogens is 2. The van der Waals surface area contributed by atoms with Gasteiger partial charge in [0, 0.05) is 12.1 Å². The summed E-state index contributed by atoms with van der Waals surface area (Å²) in [4.78, 5) is 30.7. The number of para-hydroxylation sites is 1. The van der Waals surface area contributed by atoms with Crippen LogP contribution in [-0.2, 0) is 9.53 Å². The van der Waals surface area contributed by atoms with Crippen LogP contribution in [0.15, 0.2) is 41.6 Å². The summed E-state index contributed by atoms with van der Waals surface area (Å²) in [5.74, 6) is -2.91. The van der Waals surface area contributed by atoms with Crippen LogP contribution in [0.25, 0.3) is 11.0 Å². The van der Waals surface area contributed by atoms with Crippen molar-refractivity contribution in [2.24, 2.45) is 0 Å². The monoisotopic (exact) mass is 377 g/mol. The Kier molecular flexibility index (Phi) is 5.17. The standard InChI is InChI=1S/C17H13F2N3O3S/c1-25-16(24)9-4-2-3-5-12(9)20-15(23)8-26-17-21-13-6-10(18)11(19)7-14(13)22-17/h2-7H,8H2,1H3,(H,20,23)(H,21,22). The molecular formula is C17H13F2N3O3S. The molecule has 0 atom stereocenters. The molecule has 3 aromatic rings. The van der Waals surface area contributed by atoms with Crippen LogP contribution in [-0.4, -0.2) is 34.7 Å².